The number of hydrogen-bond donors (Lipinski definition) is 1. The van der Waals surface area contributed by atoms with Gasteiger partial charge in [0.05, 0.1) is 17.6 Å². The number of aromatic nitrogens is 1. The third kappa shape index (κ3) is 6.38. The Morgan fingerprint density at radius 2 is 1.45 bits per heavy atom. The van der Waals surface area contributed by atoms with Gasteiger partial charge in [-0.15, -0.1) is 0 Å². The van der Waals surface area contributed by atoms with Gasteiger partial charge < -0.3 is 24.0 Å². The van der Waals surface area contributed by atoms with Crippen LogP contribution < -0.4 is 4.74 Å². The normalized spacial score (nSPS) is 12.5. The van der Waals surface area contributed by atoms with Crippen LogP contribution in [0.3, 0.4) is 0 Å². The number of methoxy groups -OCH3 is 1. The summed E-state index contributed by atoms with van der Waals surface area (Å²) in [6.45, 7) is 8.29. The van der Waals surface area contributed by atoms with Crippen molar-refractivity contribution in [1.82, 2.24) is 4.57 Å². The van der Waals surface area contributed by atoms with E-state index in [1.807, 2.05) is 60.7 Å². The number of hydrogen-bond acceptors (Lipinski definition) is 6. The first kappa shape index (κ1) is 33.7. The second-order valence-electron chi connectivity index (χ2n) is 12.9. The van der Waals surface area contributed by atoms with Gasteiger partial charge in [0.25, 0.3) is 0 Å². The van der Waals surface area contributed by atoms with Crippen LogP contribution in [0.2, 0.25) is 0 Å². The van der Waals surface area contributed by atoms with Crippen LogP contribution in [-0.4, -0.2) is 41.7 Å². The highest BCUT2D eigenvalue weighted by molar-refractivity contribution is 6.22. The first-order valence-corrected chi connectivity index (χ1v) is 17.0. The summed E-state index contributed by atoms with van der Waals surface area (Å²) < 4.78 is 13.6. The van der Waals surface area contributed by atoms with E-state index in [1.54, 1.807) is 7.11 Å². The lowest BCUT2D eigenvalue weighted by atomic mass is 9.88. The predicted octanol–water partition coefficient (Wildman–Crippen LogP) is 9.28. The Labute approximate surface area is 297 Å². The third-order valence-electron chi connectivity index (χ3n) is 9.35. The molecule has 0 aliphatic rings. The zero-order valence-corrected chi connectivity index (χ0v) is 29.4. The van der Waals surface area contributed by atoms with E-state index < -0.39 is 12.1 Å². The average molecular weight is 677 g/mol. The number of rotatable bonds is 10. The number of aryl methyl sites for hydroxylation is 3. The molecular formula is C44H40N2O5. The molecule has 7 aromatic rings. The Morgan fingerprint density at radius 3 is 2.18 bits per heavy atom. The number of para-hydroxylation sites is 2. The van der Waals surface area contributed by atoms with Gasteiger partial charge in [0.15, 0.2) is 0 Å². The van der Waals surface area contributed by atoms with Crippen molar-refractivity contribution in [3.05, 3.63) is 154 Å². The number of benzene rings is 6. The highest BCUT2D eigenvalue weighted by Crippen LogP contribution is 2.42. The van der Waals surface area contributed by atoms with Crippen molar-refractivity contribution < 1.29 is 24.2 Å². The van der Waals surface area contributed by atoms with E-state index >= 15 is 0 Å². The van der Waals surface area contributed by atoms with E-state index in [4.69, 9.17) is 14.3 Å². The van der Waals surface area contributed by atoms with E-state index in [0.29, 0.717) is 30.2 Å². The van der Waals surface area contributed by atoms with Gasteiger partial charge in [-0.05, 0) is 90.9 Å². The Balaban J connectivity index is 1.54. The molecule has 0 aliphatic carbocycles. The molecule has 1 unspecified atom stereocenters. The number of aliphatic hydroxyl groups is 1. The molecule has 256 valence electrons. The van der Waals surface area contributed by atoms with Crippen molar-refractivity contribution in [3.8, 4) is 11.4 Å². The molecule has 1 heterocycles. The topological polar surface area (TPSA) is 82.3 Å². The second-order valence-corrected chi connectivity index (χ2v) is 12.9. The summed E-state index contributed by atoms with van der Waals surface area (Å²) in [4.78, 5) is 17.3. The summed E-state index contributed by atoms with van der Waals surface area (Å²) in [5.41, 5.74) is 9.90. The molecular weight excluding hydrogens is 636 g/mol. The molecule has 0 spiro atoms. The van der Waals surface area contributed by atoms with Crippen LogP contribution in [0.1, 0.15) is 52.0 Å². The lowest BCUT2D eigenvalue weighted by Crippen LogP contribution is -2.11. The summed E-state index contributed by atoms with van der Waals surface area (Å²) in [5.74, 6) is 0.0614. The lowest BCUT2D eigenvalue weighted by Gasteiger charge is -2.20. The molecule has 0 aliphatic heterocycles. The van der Waals surface area contributed by atoms with Crippen molar-refractivity contribution in [1.29, 1.82) is 0 Å². The van der Waals surface area contributed by atoms with Gasteiger partial charge in [-0.2, -0.15) is 0 Å². The van der Waals surface area contributed by atoms with Gasteiger partial charge in [-0.3, -0.25) is 0 Å². The summed E-state index contributed by atoms with van der Waals surface area (Å²) in [6, 6.07) is 38.7. The number of carbonyl (C=O) groups is 1. The summed E-state index contributed by atoms with van der Waals surface area (Å²) >= 11 is 0. The van der Waals surface area contributed by atoms with Crippen LogP contribution >= 0.6 is 0 Å². The largest absolute Gasteiger partial charge is 0.490 e. The van der Waals surface area contributed by atoms with Crippen LogP contribution in [0.5, 0.6) is 5.75 Å². The number of fused-ring (bicyclic) bond motifs is 5. The van der Waals surface area contributed by atoms with Crippen LogP contribution in [-0.2, 0) is 14.4 Å². The van der Waals surface area contributed by atoms with E-state index in [1.165, 1.54) is 6.92 Å². The molecule has 1 aromatic heterocycles. The first-order valence-electron chi connectivity index (χ1n) is 17.0. The Bertz CT molecular complexity index is 2420. The summed E-state index contributed by atoms with van der Waals surface area (Å²) in [6.07, 6.45) is -0.851. The highest BCUT2D eigenvalue weighted by Gasteiger charge is 2.24. The van der Waals surface area contributed by atoms with Crippen LogP contribution in [0.15, 0.2) is 120 Å². The van der Waals surface area contributed by atoms with Crippen LogP contribution in [0, 0.1) is 20.8 Å². The standard InChI is InChI=1S/C44H40N2O5/c1-27-23-28(2)41(29(3)24-27)44(48)38-26-37-36-25-31(42(45-51-30(4)47)35-17-11-12-18-40(35)50-22-21-49-5)19-20-39(36)46(32-13-7-6-8-14-32)43(37)34-16-10-9-15-33(34)38/h6-20,23-26,44,48H,21-22H2,1-5H3/b45-42+. The molecule has 7 rings (SSSR count). The summed E-state index contributed by atoms with van der Waals surface area (Å²) in [7, 11) is 1.63. The molecule has 0 fully saturated rings. The van der Waals surface area contributed by atoms with Gasteiger partial charge in [0, 0.05) is 47.0 Å². The maximum atomic E-state index is 12.2. The van der Waals surface area contributed by atoms with E-state index in [9.17, 15) is 9.90 Å². The lowest BCUT2D eigenvalue weighted by molar-refractivity contribution is -0.140. The number of ether oxygens (including phenoxy) is 2. The molecule has 1 N–H and O–H groups in total. The molecule has 0 amide bonds. The van der Waals surface area contributed by atoms with E-state index in [2.05, 4.69) is 85.1 Å². The fraction of sp³-hybridized carbons (Fsp3) is 0.182. The monoisotopic (exact) mass is 676 g/mol. The van der Waals surface area contributed by atoms with Crippen molar-refractivity contribution >= 4 is 44.3 Å². The van der Waals surface area contributed by atoms with Crippen molar-refractivity contribution in [3.63, 3.8) is 0 Å². The van der Waals surface area contributed by atoms with Crippen molar-refractivity contribution in [2.45, 2.75) is 33.8 Å². The van der Waals surface area contributed by atoms with Gasteiger partial charge >= 0.3 is 5.97 Å². The minimum Gasteiger partial charge on any atom is -0.490 e. The fourth-order valence-electron chi connectivity index (χ4n) is 7.29. The first-order chi connectivity index (χ1) is 24.8. The smallest absolute Gasteiger partial charge is 0.332 e. The zero-order chi connectivity index (χ0) is 35.6. The minimum atomic E-state index is -0.851. The Kier molecular flexibility index (Phi) is 9.41. The van der Waals surface area contributed by atoms with Crippen LogP contribution in [0.4, 0.5) is 0 Å². The SMILES string of the molecule is COCCOc1ccccc1/C(=N/OC(C)=O)c1ccc2c(c1)c1cc(C(O)c3c(C)cc(C)cc3C)c3ccccc3c1n2-c1ccccc1. The Hall–Kier alpha value is -5.76. The molecule has 0 bridgehead atoms. The molecule has 7 heteroatoms. The molecule has 7 nitrogen and oxygen atoms in total. The maximum Gasteiger partial charge on any atom is 0.332 e. The minimum absolute atomic E-state index is 0.343. The Morgan fingerprint density at radius 1 is 0.765 bits per heavy atom. The van der Waals surface area contributed by atoms with E-state index in [0.717, 1.165) is 71.6 Å². The number of aliphatic hydroxyl groups excluding tert-OH is 1. The van der Waals surface area contributed by atoms with Gasteiger partial charge in [-0.25, -0.2) is 4.79 Å². The fourth-order valence-corrected chi connectivity index (χ4v) is 7.29. The summed E-state index contributed by atoms with van der Waals surface area (Å²) in [5, 5.41) is 20.5. The number of nitrogens with zero attached hydrogens (tertiary/aromatic N) is 2. The number of oxime groups is 1. The molecule has 6 aromatic carbocycles. The van der Waals surface area contributed by atoms with Crippen molar-refractivity contribution in [2.24, 2.45) is 5.16 Å². The highest BCUT2D eigenvalue weighted by atomic mass is 16.7. The van der Waals surface area contributed by atoms with Gasteiger partial charge in [0.1, 0.15) is 24.2 Å². The average Bonchev–Trinajstić information content (AvgIpc) is 3.45. The van der Waals surface area contributed by atoms with Crippen LogP contribution in [0.25, 0.3) is 38.3 Å². The molecule has 0 saturated heterocycles. The van der Waals surface area contributed by atoms with Gasteiger partial charge in [0.2, 0.25) is 0 Å². The molecule has 51 heavy (non-hydrogen) atoms. The third-order valence-corrected chi connectivity index (χ3v) is 9.35. The molecule has 1 atom stereocenters. The second kappa shape index (κ2) is 14.2. The number of carbonyl (C=O) groups excluding carboxylic acids is 1. The zero-order valence-electron chi connectivity index (χ0n) is 29.4. The van der Waals surface area contributed by atoms with Crippen molar-refractivity contribution in [2.75, 3.05) is 20.3 Å². The van der Waals surface area contributed by atoms with E-state index in [-0.39, 0.29) is 0 Å². The quantitative estimate of drug-likeness (QED) is 0.0676. The van der Waals surface area contributed by atoms with Gasteiger partial charge in [-0.1, -0.05) is 83.5 Å². The molecule has 0 radical (unpaired) electrons. The predicted molar refractivity (Wildman–Crippen MR) is 204 cm³/mol. The molecule has 0 saturated carbocycles. The maximum absolute atomic E-state index is 12.2.